The molecule has 1 atom stereocenters. The number of hydrogen-bond acceptors (Lipinski definition) is 4. The molecule has 0 amide bonds. The first-order valence-corrected chi connectivity index (χ1v) is 5.17. The van der Waals surface area contributed by atoms with Gasteiger partial charge in [-0.15, -0.1) is 0 Å². The van der Waals surface area contributed by atoms with Crippen molar-refractivity contribution < 1.29 is 4.74 Å². The maximum atomic E-state index is 5.98. The third-order valence-corrected chi connectivity index (χ3v) is 2.27. The van der Waals surface area contributed by atoms with Crippen molar-refractivity contribution in [2.75, 3.05) is 19.5 Å². The molecule has 0 aromatic carbocycles. The molecule has 0 saturated heterocycles. The molecule has 4 N–H and O–H groups in total. The number of nitrogens with two attached hydrogens (primary N) is 2. The molecule has 1 rings (SSSR count). The summed E-state index contributed by atoms with van der Waals surface area (Å²) in [6.45, 7) is 0.770. The molecular formula is C11H19N3O. The van der Waals surface area contributed by atoms with Gasteiger partial charge in [-0.1, -0.05) is 0 Å². The minimum Gasteiger partial charge on any atom is -0.385 e. The smallest absolute Gasteiger partial charge is 0.123 e. The van der Waals surface area contributed by atoms with E-state index in [0.29, 0.717) is 5.82 Å². The fraction of sp³-hybridized carbons (Fsp3) is 0.545. The predicted octanol–water partition coefficient (Wildman–Crippen LogP) is 0.960. The van der Waals surface area contributed by atoms with Crippen molar-refractivity contribution in [3.05, 3.63) is 23.9 Å². The first-order chi connectivity index (χ1) is 7.22. The molecule has 0 saturated carbocycles. The lowest BCUT2D eigenvalue weighted by Crippen LogP contribution is -2.23. The zero-order valence-electron chi connectivity index (χ0n) is 9.15. The number of nitrogens with zero attached hydrogens (tertiary/aromatic N) is 1. The van der Waals surface area contributed by atoms with Crippen LogP contribution in [0.4, 0.5) is 5.82 Å². The minimum absolute atomic E-state index is 0.168. The van der Waals surface area contributed by atoms with E-state index in [1.165, 1.54) is 0 Å². The van der Waals surface area contributed by atoms with Gasteiger partial charge >= 0.3 is 0 Å². The van der Waals surface area contributed by atoms with Crippen LogP contribution in [0.5, 0.6) is 0 Å². The SMILES string of the molecule is COCCCC(N)Cc1ccnc(N)c1. The van der Waals surface area contributed by atoms with Gasteiger partial charge in [-0.25, -0.2) is 4.98 Å². The Morgan fingerprint density at radius 2 is 2.33 bits per heavy atom. The summed E-state index contributed by atoms with van der Waals surface area (Å²) in [6, 6.07) is 3.99. The summed E-state index contributed by atoms with van der Waals surface area (Å²) < 4.78 is 4.98. The maximum absolute atomic E-state index is 5.98. The van der Waals surface area contributed by atoms with Gasteiger partial charge in [0.2, 0.25) is 0 Å². The Bertz CT molecular complexity index is 291. The van der Waals surface area contributed by atoms with Gasteiger partial charge in [-0.3, -0.25) is 0 Å². The number of ether oxygens (including phenoxy) is 1. The summed E-state index contributed by atoms with van der Waals surface area (Å²) in [4.78, 5) is 3.94. The summed E-state index contributed by atoms with van der Waals surface area (Å²) in [6.07, 6.45) is 4.53. The standard InChI is InChI=1S/C11H19N3O/c1-15-6-2-3-10(12)7-9-4-5-14-11(13)8-9/h4-5,8,10H,2-3,6-7,12H2,1H3,(H2,13,14). The van der Waals surface area contributed by atoms with Gasteiger partial charge < -0.3 is 16.2 Å². The van der Waals surface area contributed by atoms with Gasteiger partial charge in [0.25, 0.3) is 0 Å². The molecule has 0 bridgehead atoms. The van der Waals surface area contributed by atoms with Crippen molar-refractivity contribution >= 4 is 5.82 Å². The topological polar surface area (TPSA) is 74.2 Å². The predicted molar refractivity (Wildman–Crippen MR) is 61.4 cm³/mol. The van der Waals surface area contributed by atoms with E-state index in [9.17, 15) is 0 Å². The monoisotopic (exact) mass is 209 g/mol. The van der Waals surface area contributed by atoms with Crippen LogP contribution in [-0.4, -0.2) is 24.7 Å². The molecule has 0 radical (unpaired) electrons. The number of nitrogen functional groups attached to an aromatic ring is 1. The Balaban J connectivity index is 2.34. The van der Waals surface area contributed by atoms with Crippen LogP contribution in [0.2, 0.25) is 0 Å². The van der Waals surface area contributed by atoms with Crippen LogP contribution in [0.15, 0.2) is 18.3 Å². The first kappa shape index (κ1) is 11.9. The highest BCUT2D eigenvalue weighted by Gasteiger charge is 2.04. The second-order valence-electron chi connectivity index (χ2n) is 3.69. The second kappa shape index (κ2) is 6.37. The molecule has 4 nitrogen and oxygen atoms in total. The molecule has 1 aromatic heterocycles. The van der Waals surface area contributed by atoms with Gasteiger partial charge in [0.15, 0.2) is 0 Å². The van der Waals surface area contributed by atoms with Crippen LogP contribution in [0.3, 0.4) is 0 Å². The van der Waals surface area contributed by atoms with E-state index in [4.69, 9.17) is 16.2 Å². The third kappa shape index (κ3) is 4.76. The van der Waals surface area contributed by atoms with E-state index in [-0.39, 0.29) is 6.04 Å². The van der Waals surface area contributed by atoms with Gasteiger partial charge in [0, 0.05) is 26.0 Å². The van der Waals surface area contributed by atoms with Crippen molar-refractivity contribution in [1.29, 1.82) is 0 Å². The fourth-order valence-electron chi connectivity index (χ4n) is 1.52. The molecule has 0 aliphatic rings. The number of aromatic nitrogens is 1. The van der Waals surface area contributed by atoms with Gasteiger partial charge in [-0.05, 0) is 37.0 Å². The number of pyridine rings is 1. The molecule has 15 heavy (non-hydrogen) atoms. The summed E-state index contributed by atoms with van der Waals surface area (Å²) >= 11 is 0. The highest BCUT2D eigenvalue weighted by atomic mass is 16.5. The Morgan fingerprint density at radius 1 is 1.53 bits per heavy atom. The van der Waals surface area contributed by atoms with Crippen molar-refractivity contribution in [2.24, 2.45) is 5.73 Å². The van der Waals surface area contributed by atoms with Crippen LogP contribution in [0, 0.1) is 0 Å². The van der Waals surface area contributed by atoms with E-state index < -0.39 is 0 Å². The Labute approximate surface area is 90.6 Å². The normalized spacial score (nSPS) is 12.7. The molecule has 1 aromatic rings. The number of rotatable bonds is 6. The van der Waals surface area contributed by atoms with E-state index in [1.54, 1.807) is 13.3 Å². The van der Waals surface area contributed by atoms with E-state index >= 15 is 0 Å². The summed E-state index contributed by atoms with van der Waals surface area (Å²) in [5.41, 5.74) is 12.7. The Morgan fingerprint density at radius 3 is 3.00 bits per heavy atom. The molecule has 0 aliphatic carbocycles. The van der Waals surface area contributed by atoms with E-state index in [1.807, 2.05) is 12.1 Å². The zero-order valence-corrected chi connectivity index (χ0v) is 9.15. The zero-order chi connectivity index (χ0) is 11.1. The Hall–Kier alpha value is -1.13. The average molecular weight is 209 g/mol. The highest BCUT2D eigenvalue weighted by Crippen LogP contribution is 2.08. The second-order valence-corrected chi connectivity index (χ2v) is 3.69. The quantitative estimate of drug-likeness (QED) is 0.684. The van der Waals surface area contributed by atoms with Crippen molar-refractivity contribution in [3.8, 4) is 0 Å². The number of hydrogen-bond donors (Lipinski definition) is 2. The van der Waals surface area contributed by atoms with E-state index in [0.717, 1.165) is 31.4 Å². The first-order valence-electron chi connectivity index (χ1n) is 5.17. The summed E-state index contributed by atoms with van der Waals surface area (Å²) in [5, 5.41) is 0. The van der Waals surface area contributed by atoms with Crippen LogP contribution in [0.25, 0.3) is 0 Å². The molecule has 0 fully saturated rings. The lowest BCUT2D eigenvalue weighted by atomic mass is 10.0. The molecule has 1 heterocycles. The van der Waals surface area contributed by atoms with E-state index in [2.05, 4.69) is 4.98 Å². The minimum atomic E-state index is 0.168. The van der Waals surface area contributed by atoms with Crippen molar-refractivity contribution in [3.63, 3.8) is 0 Å². The molecule has 4 heteroatoms. The van der Waals surface area contributed by atoms with Crippen molar-refractivity contribution in [1.82, 2.24) is 4.98 Å². The fourth-order valence-corrected chi connectivity index (χ4v) is 1.52. The van der Waals surface area contributed by atoms with Gasteiger partial charge in [0.1, 0.15) is 5.82 Å². The number of methoxy groups -OCH3 is 1. The molecule has 0 spiro atoms. The molecule has 1 unspecified atom stereocenters. The maximum Gasteiger partial charge on any atom is 0.123 e. The van der Waals surface area contributed by atoms with Crippen LogP contribution in [0.1, 0.15) is 18.4 Å². The molecule has 0 aliphatic heterocycles. The Kier molecular flexibility index (Phi) is 5.07. The van der Waals surface area contributed by atoms with Crippen molar-refractivity contribution in [2.45, 2.75) is 25.3 Å². The van der Waals surface area contributed by atoms with Gasteiger partial charge in [0.05, 0.1) is 0 Å². The average Bonchev–Trinajstić information content (AvgIpc) is 2.18. The molecule has 84 valence electrons. The van der Waals surface area contributed by atoms with Crippen LogP contribution < -0.4 is 11.5 Å². The van der Waals surface area contributed by atoms with Crippen LogP contribution in [-0.2, 0) is 11.2 Å². The lowest BCUT2D eigenvalue weighted by molar-refractivity contribution is 0.190. The summed E-state index contributed by atoms with van der Waals surface area (Å²) in [5.74, 6) is 0.552. The largest absolute Gasteiger partial charge is 0.385 e. The summed E-state index contributed by atoms with van der Waals surface area (Å²) in [7, 11) is 1.70. The lowest BCUT2D eigenvalue weighted by Gasteiger charge is -2.11. The number of anilines is 1. The third-order valence-electron chi connectivity index (χ3n) is 2.27. The molecular weight excluding hydrogens is 190 g/mol. The highest BCUT2D eigenvalue weighted by molar-refractivity contribution is 5.32. The van der Waals surface area contributed by atoms with Crippen LogP contribution >= 0.6 is 0 Å². The van der Waals surface area contributed by atoms with Gasteiger partial charge in [-0.2, -0.15) is 0 Å².